The van der Waals surface area contributed by atoms with E-state index < -0.39 is 12.1 Å². The minimum Gasteiger partial charge on any atom is -0.391 e. The number of aliphatic hydroxyl groups is 1. The molecule has 0 unspecified atom stereocenters. The molecule has 3 rings (SSSR count). The second-order valence-electron chi connectivity index (χ2n) is 7.36. The minimum absolute atomic E-state index is 0.198. The molecule has 9 heteroatoms. The van der Waals surface area contributed by atoms with Gasteiger partial charge in [0.1, 0.15) is 17.6 Å². The number of nitrogens with zero attached hydrogens (tertiary/aromatic N) is 4. The first-order chi connectivity index (χ1) is 12.3. The lowest BCUT2D eigenvalue weighted by Gasteiger charge is -2.24. The van der Waals surface area contributed by atoms with Gasteiger partial charge in [0, 0.05) is 37.7 Å². The monoisotopic (exact) mass is 360 g/mol. The van der Waals surface area contributed by atoms with E-state index in [1.807, 2.05) is 20.8 Å². The summed E-state index contributed by atoms with van der Waals surface area (Å²) in [5.74, 6) is 1.82. The molecule has 0 bridgehead atoms. The van der Waals surface area contributed by atoms with Crippen molar-refractivity contribution in [3.63, 3.8) is 0 Å². The average Bonchev–Trinajstić information content (AvgIpc) is 3.21. The van der Waals surface area contributed by atoms with Crippen LogP contribution in [0.15, 0.2) is 22.9 Å². The number of rotatable bonds is 4. The number of hydrogen-bond acceptors (Lipinski definition) is 8. The van der Waals surface area contributed by atoms with Crippen molar-refractivity contribution < 1.29 is 14.4 Å². The van der Waals surface area contributed by atoms with Gasteiger partial charge in [0.05, 0.1) is 6.10 Å². The summed E-state index contributed by atoms with van der Waals surface area (Å²) in [4.78, 5) is 23.0. The highest BCUT2D eigenvalue weighted by molar-refractivity contribution is 5.96. The summed E-state index contributed by atoms with van der Waals surface area (Å²) in [7, 11) is 1.72. The highest BCUT2D eigenvalue weighted by Crippen LogP contribution is 2.27. The van der Waals surface area contributed by atoms with Gasteiger partial charge >= 0.3 is 0 Å². The van der Waals surface area contributed by atoms with Gasteiger partial charge < -0.3 is 25.2 Å². The molecule has 1 aliphatic rings. The summed E-state index contributed by atoms with van der Waals surface area (Å²) in [5.41, 5.74) is -0.198. The SMILES string of the molecule is CNc1nccc(N2C[C@H](O)C[C@H]2C(=O)Nc2cc(C(C)(C)C)on2)n1. The molecule has 0 aliphatic carbocycles. The van der Waals surface area contributed by atoms with E-state index in [1.54, 1.807) is 30.3 Å². The molecule has 140 valence electrons. The van der Waals surface area contributed by atoms with Gasteiger partial charge in [-0.25, -0.2) is 4.98 Å². The first-order valence-electron chi connectivity index (χ1n) is 8.51. The van der Waals surface area contributed by atoms with Crippen LogP contribution in [0.25, 0.3) is 0 Å². The Morgan fingerprint density at radius 3 is 2.85 bits per heavy atom. The topological polar surface area (TPSA) is 116 Å². The van der Waals surface area contributed by atoms with E-state index in [0.717, 1.165) is 0 Å². The highest BCUT2D eigenvalue weighted by Gasteiger charge is 2.37. The Balaban J connectivity index is 1.77. The molecule has 3 N–H and O–H groups in total. The summed E-state index contributed by atoms with van der Waals surface area (Å²) >= 11 is 0. The molecular formula is C17H24N6O3. The number of aromatic nitrogens is 3. The summed E-state index contributed by atoms with van der Waals surface area (Å²) in [6, 6.07) is 2.88. The second kappa shape index (κ2) is 6.91. The van der Waals surface area contributed by atoms with Crippen LogP contribution in [0.5, 0.6) is 0 Å². The Bertz CT molecular complexity index is 785. The number of aliphatic hydroxyl groups excluding tert-OH is 1. The Morgan fingerprint density at radius 2 is 2.19 bits per heavy atom. The van der Waals surface area contributed by atoms with Crippen LogP contribution in [0.3, 0.4) is 0 Å². The van der Waals surface area contributed by atoms with E-state index in [1.165, 1.54) is 0 Å². The maximum Gasteiger partial charge on any atom is 0.248 e. The van der Waals surface area contributed by atoms with Gasteiger partial charge in [0.25, 0.3) is 0 Å². The third-order valence-electron chi connectivity index (χ3n) is 4.24. The van der Waals surface area contributed by atoms with Crippen molar-refractivity contribution in [1.29, 1.82) is 0 Å². The average molecular weight is 360 g/mol. The molecule has 0 radical (unpaired) electrons. The van der Waals surface area contributed by atoms with Crippen molar-refractivity contribution >= 4 is 23.5 Å². The molecule has 0 spiro atoms. The van der Waals surface area contributed by atoms with Crippen molar-refractivity contribution in [2.45, 2.75) is 44.8 Å². The Labute approximate surface area is 151 Å². The van der Waals surface area contributed by atoms with Crippen molar-refractivity contribution in [1.82, 2.24) is 15.1 Å². The third kappa shape index (κ3) is 3.77. The van der Waals surface area contributed by atoms with Gasteiger partial charge in [-0.15, -0.1) is 0 Å². The van der Waals surface area contributed by atoms with Crippen LogP contribution in [0, 0.1) is 0 Å². The molecule has 2 aromatic heterocycles. The second-order valence-corrected chi connectivity index (χ2v) is 7.36. The quantitative estimate of drug-likeness (QED) is 0.749. The standard InChI is InChI=1S/C17H24N6O3/c1-17(2,3)12-8-13(22-26-12)20-15(25)11-7-10(24)9-23(11)14-5-6-19-16(18-4)21-14/h5-6,8,10-11,24H,7,9H2,1-4H3,(H,18,19,21)(H,20,22,25)/t10-,11+/m1/s1. The Kier molecular flexibility index (Phi) is 4.82. The number of carbonyl (C=O) groups excluding carboxylic acids is 1. The molecule has 1 amide bonds. The number of β-amino-alcohol motifs (C(OH)–C–C–N with tert-alkyl or cyclic N) is 1. The maximum absolute atomic E-state index is 12.8. The molecule has 1 saturated heterocycles. The predicted octanol–water partition coefficient (Wildman–Crippen LogP) is 1.38. The van der Waals surface area contributed by atoms with Crippen LogP contribution in [-0.2, 0) is 10.2 Å². The number of carbonyl (C=O) groups is 1. The minimum atomic E-state index is -0.610. The molecule has 26 heavy (non-hydrogen) atoms. The number of anilines is 3. The first kappa shape index (κ1) is 18.1. The number of amides is 1. The molecule has 9 nitrogen and oxygen atoms in total. The third-order valence-corrected chi connectivity index (χ3v) is 4.24. The molecular weight excluding hydrogens is 336 g/mol. The van der Waals surface area contributed by atoms with Crippen LogP contribution in [0.1, 0.15) is 33.0 Å². The summed E-state index contributed by atoms with van der Waals surface area (Å²) < 4.78 is 5.30. The fraction of sp³-hybridized carbons (Fsp3) is 0.529. The van der Waals surface area contributed by atoms with E-state index >= 15 is 0 Å². The van der Waals surface area contributed by atoms with Gasteiger partial charge in [-0.2, -0.15) is 4.98 Å². The van der Waals surface area contributed by atoms with Gasteiger partial charge in [-0.05, 0) is 6.07 Å². The van der Waals surface area contributed by atoms with E-state index in [4.69, 9.17) is 4.52 Å². The maximum atomic E-state index is 12.8. The zero-order valence-corrected chi connectivity index (χ0v) is 15.4. The van der Waals surface area contributed by atoms with Crippen LogP contribution in [0.2, 0.25) is 0 Å². The van der Waals surface area contributed by atoms with Crippen LogP contribution < -0.4 is 15.5 Å². The van der Waals surface area contributed by atoms with E-state index in [0.29, 0.717) is 36.3 Å². The normalized spacial score (nSPS) is 20.3. The van der Waals surface area contributed by atoms with Crippen LogP contribution in [-0.4, -0.2) is 51.9 Å². The van der Waals surface area contributed by atoms with Crippen molar-refractivity contribution in [3.05, 3.63) is 24.1 Å². The predicted molar refractivity (Wildman–Crippen MR) is 97.2 cm³/mol. The lowest BCUT2D eigenvalue weighted by atomic mass is 9.93. The summed E-state index contributed by atoms with van der Waals surface area (Å²) in [6.07, 6.45) is 1.32. The number of nitrogens with one attached hydrogen (secondary N) is 2. The van der Waals surface area contributed by atoms with Crippen LogP contribution >= 0.6 is 0 Å². The van der Waals surface area contributed by atoms with Crippen molar-refractivity contribution in [2.75, 3.05) is 29.1 Å². The van der Waals surface area contributed by atoms with Crippen LogP contribution in [0.4, 0.5) is 17.6 Å². The summed E-state index contributed by atoms with van der Waals surface area (Å²) in [5, 5.41) is 19.6. The van der Waals surface area contributed by atoms with E-state index in [9.17, 15) is 9.90 Å². The Morgan fingerprint density at radius 1 is 1.42 bits per heavy atom. The van der Waals surface area contributed by atoms with Gasteiger partial charge in [-0.1, -0.05) is 25.9 Å². The lowest BCUT2D eigenvalue weighted by molar-refractivity contribution is -0.117. The van der Waals surface area contributed by atoms with E-state index in [-0.39, 0.29) is 11.3 Å². The molecule has 2 atom stereocenters. The molecule has 0 aromatic carbocycles. The van der Waals surface area contributed by atoms with Gasteiger partial charge in [-0.3, -0.25) is 4.79 Å². The smallest absolute Gasteiger partial charge is 0.248 e. The number of hydrogen-bond donors (Lipinski definition) is 3. The zero-order chi connectivity index (χ0) is 18.9. The zero-order valence-electron chi connectivity index (χ0n) is 15.4. The molecule has 1 aliphatic heterocycles. The fourth-order valence-corrected chi connectivity index (χ4v) is 2.84. The fourth-order valence-electron chi connectivity index (χ4n) is 2.84. The molecule has 0 saturated carbocycles. The summed E-state index contributed by atoms with van der Waals surface area (Å²) in [6.45, 7) is 6.33. The Hall–Kier alpha value is -2.68. The van der Waals surface area contributed by atoms with E-state index in [2.05, 4.69) is 25.8 Å². The van der Waals surface area contributed by atoms with Crippen molar-refractivity contribution in [2.24, 2.45) is 0 Å². The van der Waals surface area contributed by atoms with Crippen molar-refractivity contribution in [3.8, 4) is 0 Å². The largest absolute Gasteiger partial charge is 0.391 e. The lowest BCUT2D eigenvalue weighted by Crippen LogP contribution is -2.40. The molecule has 2 aromatic rings. The van der Waals surface area contributed by atoms with Gasteiger partial charge in [0.2, 0.25) is 11.9 Å². The molecule has 3 heterocycles. The molecule has 1 fully saturated rings. The highest BCUT2D eigenvalue weighted by atomic mass is 16.5. The first-order valence-corrected chi connectivity index (χ1v) is 8.51. The van der Waals surface area contributed by atoms with Gasteiger partial charge in [0.15, 0.2) is 5.82 Å².